The van der Waals surface area contributed by atoms with Gasteiger partial charge in [0, 0.05) is 35.4 Å². The smallest absolute Gasteiger partial charge is 0.0459 e. The number of unbranched alkanes of at least 4 members (excludes halogenated alkanes) is 1. The zero-order valence-electron chi connectivity index (χ0n) is 15.8. The van der Waals surface area contributed by atoms with E-state index in [9.17, 15) is 0 Å². The summed E-state index contributed by atoms with van der Waals surface area (Å²) < 4.78 is 0. The Labute approximate surface area is 147 Å². The van der Waals surface area contributed by atoms with Gasteiger partial charge >= 0.3 is 0 Å². The zero-order valence-corrected chi connectivity index (χ0v) is 15.8. The highest BCUT2D eigenvalue weighted by molar-refractivity contribution is 5.87. The van der Waals surface area contributed by atoms with Gasteiger partial charge in [0.2, 0.25) is 0 Å². The summed E-state index contributed by atoms with van der Waals surface area (Å²) in [5.41, 5.74) is 6.11. The largest absolute Gasteiger partial charge is 0.384 e. The summed E-state index contributed by atoms with van der Waals surface area (Å²) in [6.45, 7) is 17.4. The molecule has 3 heteroatoms. The van der Waals surface area contributed by atoms with Crippen LogP contribution in [0, 0.1) is 6.92 Å². The summed E-state index contributed by atoms with van der Waals surface area (Å²) >= 11 is 0. The Balaban J connectivity index is 1.97. The normalized spacial score (nSPS) is 11.4. The molecular weight excluding hydrogens is 294 g/mol. The van der Waals surface area contributed by atoms with Crippen LogP contribution in [0.2, 0.25) is 0 Å². The third kappa shape index (κ3) is 4.41. The van der Waals surface area contributed by atoms with Crippen LogP contribution in [-0.2, 0) is 6.42 Å². The molecule has 0 amide bonds. The summed E-state index contributed by atoms with van der Waals surface area (Å²) in [5, 5.41) is 4.81. The van der Waals surface area contributed by atoms with E-state index in [2.05, 4.69) is 67.7 Å². The van der Waals surface area contributed by atoms with Gasteiger partial charge < -0.3 is 15.2 Å². The van der Waals surface area contributed by atoms with Gasteiger partial charge in [0.1, 0.15) is 0 Å². The fourth-order valence-electron chi connectivity index (χ4n) is 3.20. The van der Waals surface area contributed by atoms with Crippen molar-refractivity contribution in [3.63, 3.8) is 0 Å². The molecule has 0 aliphatic carbocycles. The van der Waals surface area contributed by atoms with Crippen LogP contribution in [0.4, 0.5) is 0 Å². The van der Waals surface area contributed by atoms with Crippen molar-refractivity contribution < 1.29 is 0 Å². The molecule has 0 unspecified atom stereocenters. The van der Waals surface area contributed by atoms with Crippen LogP contribution >= 0.6 is 0 Å². The first kappa shape index (κ1) is 18.6. The standard InChI is InChI=1S/C21H33N3/c1-6-9-13-24(8-3)14-12-22-17(5)18-10-11-21-19(15-18)16(4)20(7-2)23-21/h10-11,15,22-23H,5-9,12-14H2,1-4H3. The average molecular weight is 328 g/mol. The highest BCUT2D eigenvalue weighted by atomic mass is 15.1. The number of H-pyrrole nitrogens is 1. The molecule has 1 aromatic heterocycles. The minimum atomic E-state index is 0.945. The van der Waals surface area contributed by atoms with Crippen LogP contribution in [0.1, 0.15) is 50.4 Å². The van der Waals surface area contributed by atoms with Crippen LogP contribution in [-0.4, -0.2) is 36.1 Å². The number of nitrogens with zero attached hydrogens (tertiary/aromatic N) is 1. The van der Waals surface area contributed by atoms with Gasteiger partial charge in [-0.1, -0.05) is 39.8 Å². The van der Waals surface area contributed by atoms with Gasteiger partial charge in [-0.15, -0.1) is 0 Å². The summed E-state index contributed by atoms with van der Waals surface area (Å²) in [6, 6.07) is 6.58. The molecule has 0 radical (unpaired) electrons. The SMILES string of the molecule is C=C(NCCN(CC)CCCC)c1ccc2[nH]c(CC)c(C)c2c1. The number of aryl methyl sites for hydroxylation is 2. The van der Waals surface area contributed by atoms with Crippen molar-refractivity contribution in [3.05, 3.63) is 41.6 Å². The zero-order chi connectivity index (χ0) is 17.5. The highest BCUT2D eigenvalue weighted by Crippen LogP contribution is 2.25. The van der Waals surface area contributed by atoms with E-state index in [1.165, 1.54) is 47.1 Å². The minimum Gasteiger partial charge on any atom is -0.384 e. The molecule has 132 valence electrons. The van der Waals surface area contributed by atoms with Crippen LogP contribution in [0.3, 0.4) is 0 Å². The molecule has 2 rings (SSSR count). The number of benzene rings is 1. The molecular formula is C21H33N3. The summed E-state index contributed by atoms with van der Waals surface area (Å²) in [6.07, 6.45) is 3.57. The molecule has 0 saturated carbocycles. The molecule has 2 aromatic rings. The van der Waals surface area contributed by atoms with Gasteiger partial charge in [-0.3, -0.25) is 0 Å². The lowest BCUT2D eigenvalue weighted by Crippen LogP contribution is -2.32. The molecule has 0 saturated heterocycles. The maximum atomic E-state index is 4.23. The molecule has 0 aliphatic heterocycles. The van der Waals surface area contributed by atoms with E-state index in [0.29, 0.717) is 0 Å². The summed E-state index contributed by atoms with van der Waals surface area (Å²) in [5.74, 6) is 0. The second-order valence-corrected chi connectivity index (χ2v) is 6.54. The topological polar surface area (TPSA) is 31.1 Å². The number of aromatic amines is 1. The monoisotopic (exact) mass is 327 g/mol. The van der Waals surface area contributed by atoms with Crippen LogP contribution in [0.25, 0.3) is 16.6 Å². The fourth-order valence-corrected chi connectivity index (χ4v) is 3.20. The van der Waals surface area contributed by atoms with Crippen molar-refractivity contribution in [3.8, 4) is 0 Å². The fraction of sp³-hybridized carbons (Fsp3) is 0.524. The third-order valence-corrected chi connectivity index (χ3v) is 4.91. The van der Waals surface area contributed by atoms with Gasteiger partial charge in [0.25, 0.3) is 0 Å². The molecule has 1 heterocycles. The van der Waals surface area contributed by atoms with Gasteiger partial charge in [-0.25, -0.2) is 0 Å². The van der Waals surface area contributed by atoms with Crippen molar-refractivity contribution in [1.29, 1.82) is 0 Å². The van der Waals surface area contributed by atoms with E-state index >= 15 is 0 Å². The van der Waals surface area contributed by atoms with Crippen molar-refractivity contribution in [2.75, 3.05) is 26.2 Å². The third-order valence-electron chi connectivity index (χ3n) is 4.91. The quantitative estimate of drug-likeness (QED) is 0.661. The van der Waals surface area contributed by atoms with E-state index in [1.807, 2.05) is 0 Å². The van der Waals surface area contributed by atoms with E-state index in [0.717, 1.165) is 31.8 Å². The number of aromatic nitrogens is 1. The molecule has 0 spiro atoms. The van der Waals surface area contributed by atoms with Crippen molar-refractivity contribution >= 4 is 16.6 Å². The predicted molar refractivity (Wildman–Crippen MR) is 106 cm³/mol. The van der Waals surface area contributed by atoms with E-state index in [4.69, 9.17) is 0 Å². The Morgan fingerprint density at radius 2 is 2.00 bits per heavy atom. The van der Waals surface area contributed by atoms with E-state index in [1.54, 1.807) is 0 Å². The first-order chi connectivity index (χ1) is 11.6. The maximum Gasteiger partial charge on any atom is 0.0459 e. The summed E-state index contributed by atoms with van der Waals surface area (Å²) in [4.78, 5) is 6.01. The Kier molecular flexibility index (Phi) is 6.92. The Hall–Kier alpha value is -1.74. The second-order valence-electron chi connectivity index (χ2n) is 6.54. The number of rotatable bonds is 10. The molecule has 0 bridgehead atoms. The lowest BCUT2D eigenvalue weighted by atomic mass is 10.1. The highest BCUT2D eigenvalue weighted by Gasteiger charge is 2.08. The minimum absolute atomic E-state index is 0.945. The number of nitrogens with one attached hydrogen (secondary N) is 2. The first-order valence-corrected chi connectivity index (χ1v) is 9.37. The van der Waals surface area contributed by atoms with E-state index in [-0.39, 0.29) is 0 Å². The van der Waals surface area contributed by atoms with E-state index < -0.39 is 0 Å². The second kappa shape index (κ2) is 8.93. The lowest BCUT2D eigenvalue weighted by Gasteiger charge is -2.21. The number of likely N-dealkylation sites (N-methyl/N-ethyl adjacent to an activating group) is 1. The van der Waals surface area contributed by atoms with Gasteiger partial charge in [0.05, 0.1) is 0 Å². The van der Waals surface area contributed by atoms with Crippen LogP contribution in [0.15, 0.2) is 24.8 Å². The lowest BCUT2D eigenvalue weighted by molar-refractivity contribution is 0.287. The number of fused-ring (bicyclic) bond motifs is 1. The van der Waals surface area contributed by atoms with Gasteiger partial charge in [0.15, 0.2) is 0 Å². The first-order valence-electron chi connectivity index (χ1n) is 9.37. The average Bonchev–Trinajstić information content (AvgIpc) is 2.93. The summed E-state index contributed by atoms with van der Waals surface area (Å²) in [7, 11) is 0. The van der Waals surface area contributed by atoms with Crippen molar-refractivity contribution in [2.24, 2.45) is 0 Å². The molecule has 0 aliphatic rings. The van der Waals surface area contributed by atoms with Crippen molar-refractivity contribution in [2.45, 2.75) is 47.0 Å². The van der Waals surface area contributed by atoms with Gasteiger partial charge in [-0.2, -0.15) is 0 Å². The number of hydrogen-bond donors (Lipinski definition) is 2. The Morgan fingerprint density at radius 1 is 1.21 bits per heavy atom. The number of hydrogen-bond acceptors (Lipinski definition) is 2. The molecule has 0 fully saturated rings. The molecule has 0 atom stereocenters. The molecule has 3 nitrogen and oxygen atoms in total. The molecule has 2 N–H and O–H groups in total. The maximum absolute atomic E-state index is 4.23. The predicted octanol–water partition coefficient (Wildman–Crippen LogP) is 4.72. The van der Waals surface area contributed by atoms with Gasteiger partial charge in [-0.05, 0) is 56.1 Å². The molecule has 1 aromatic carbocycles. The molecule has 24 heavy (non-hydrogen) atoms. The van der Waals surface area contributed by atoms with Crippen LogP contribution < -0.4 is 5.32 Å². The Bertz CT molecular complexity index is 669. The van der Waals surface area contributed by atoms with Crippen LogP contribution in [0.5, 0.6) is 0 Å². The van der Waals surface area contributed by atoms with Crippen molar-refractivity contribution in [1.82, 2.24) is 15.2 Å². The Morgan fingerprint density at radius 3 is 2.67 bits per heavy atom.